The first-order valence-electron chi connectivity index (χ1n) is 8.03. The Labute approximate surface area is 137 Å². The molecule has 1 aliphatic carbocycles. The van der Waals surface area contributed by atoms with Crippen LogP contribution < -0.4 is 5.43 Å². The Morgan fingerprint density at radius 2 is 1.83 bits per heavy atom. The van der Waals surface area contributed by atoms with Crippen LogP contribution in [0.3, 0.4) is 0 Å². The molecule has 0 heterocycles. The van der Waals surface area contributed by atoms with Crippen molar-refractivity contribution in [1.29, 1.82) is 0 Å². The van der Waals surface area contributed by atoms with Crippen LogP contribution in [0, 0.1) is 19.8 Å². The van der Waals surface area contributed by atoms with Crippen LogP contribution in [0.5, 0.6) is 0 Å². The predicted octanol–water partition coefficient (Wildman–Crippen LogP) is 3.95. The van der Waals surface area contributed by atoms with Crippen LogP contribution in [-0.4, -0.2) is 11.6 Å². The van der Waals surface area contributed by atoms with Gasteiger partial charge in [0, 0.05) is 11.5 Å². The molecule has 3 rings (SSSR count). The molecule has 23 heavy (non-hydrogen) atoms. The Hall–Kier alpha value is -2.42. The molecule has 2 aromatic rings. The molecule has 2 atom stereocenters. The molecule has 1 fully saturated rings. The summed E-state index contributed by atoms with van der Waals surface area (Å²) in [7, 11) is 0. The first-order chi connectivity index (χ1) is 11.1. The van der Waals surface area contributed by atoms with E-state index in [-0.39, 0.29) is 11.8 Å². The number of nitrogens with zero attached hydrogens (tertiary/aromatic N) is 1. The predicted molar refractivity (Wildman–Crippen MR) is 93.6 cm³/mol. The Bertz CT molecular complexity index is 749. The lowest BCUT2D eigenvalue weighted by Crippen LogP contribution is -2.21. The third kappa shape index (κ3) is 3.34. The monoisotopic (exact) mass is 306 g/mol. The molecule has 0 aliphatic heterocycles. The van der Waals surface area contributed by atoms with Crippen molar-refractivity contribution in [2.45, 2.75) is 33.1 Å². The number of hydrogen-bond donors (Lipinski definition) is 1. The lowest BCUT2D eigenvalue weighted by atomic mass is 10.0. The van der Waals surface area contributed by atoms with Crippen molar-refractivity contribution >= 4 is 11.6 Å². The third-order valence-electron chi connectivity index (χ3n) is 4.68. The summed E-state index contributed by atoms with van der Waals surface area (Å²) in [5.41, 5.74) is 8.34. The molecule has 0 bridgehead atoms. The van der Waals surface area contributed by atoms with Gasteiger partial charge in [0.15, 0.2) is 0 Å². The van der Waals surface area contributed by atoms with Gasteiger partial charge in [0.05, 0.1) is 5.71 Å². The largest absolute Gasteiger partial charge is 0.273 e. The van der Waals surface area contributed by atoms with Gasteiger partial charge in [0.1, 0.15) is 0 Å². The number of amides is 1. The highest BCUT2D eigenvalue weighted by molar-refractivity contribution is 6.00. The number of rotatable bonds is 4. The van der Waals surface area contributed by atoms with Gasteiger partial charge in [0.2, 0.25) is 5.91 Å². The maximum atomic E-state index is 12.3. The highest BCUT2D eigenvalue weighted by Gasteiger charge is 2.43. The van der Waals surface area contributed by atoms with Crippen LogP contribution in [-0.2, 0) is 4.79 Å². The van der Waals surface area contributed by atoms with E-state index in [0.717, 1.165) is 17.7 Å². The van der Waals surface area contributed by atoms with Crippen molar-refractivity contribution in [3.63, 3.8) is 0 Å². The fraction of sp³-hybridized carbons (Fsp3) is 0.300. The average Bonchev–Trinajstić information content (AvgIpc) is 3.36. The van der Waals surface area contributed by atoms with Crippen molar-refractivity contribution in [3.05, 3.63) is 70.8 Å². The van der Waals surface area contributed by atoms with E-state index in [1.807, 2.05) is 37.3 Å². The minimum Gasteiger partial charge on any atom is -0.273 e. The first kappa shape index (κ1) is 15.5. The molecule has 1 saturated carbocycles. The van der Waals surface area contributed by atoms with Crippen LogP contribution in [0.1, 0.15) is 41.5 Å². The summed E-state index contributed by atoms with van der Waals surface area (Å²) in [5, 5.41) is 4.30. The number of nitrogens with one attached hydrogen (secondary N) is 1. The third-order valence-corrected chi connectivity index (χ3v) is 4.68. The van der Waals surface area contributed by atoms with E-state index in [4.69, 9.17) is 0 Å². The molecule has 2 aromatic carbocycles. The molecular formula is C20H22N2O. The lowest BCUT2D eigenvalue weighted by molar-refractivity contribution is -0.122. The zero-order valence-corrected chi connectivity index (χ0v) is 13.8. The second kappa shape index (κ2) is 6.37. The quantitative estimate of drug-likeness (QED) is 0.674. The normalized spacial score (nSPS) is 20.2. The molecule has 3 nitrogen and oxygen atoms in total. The van der Waals surface area contributed by atoms with Gasteiger partial charge in [-0.05, 0) is 49.8 Å². The Kier molecular flexibility index (Phi) is 4.28. The van der Waals surface area contributed by atoms with Gasteiger partial charge in [-0.1, -0.05) is 48.5 Å². The van der Waals surface area contributed by atoms with Gasteiger partial charge >= 0.3 is 0 Å². The van der Waals surface area contributed by atoms with Gasteiger partial charge in [-0.15, -0.1) is 0 Å². The molecule has 3 heteroatoms. The molecule has 118 valence electrons. The standard InChI is InChI=1S/C20H22N2O/c1-13-8-7-11-17(14(13)2)15(3)21-22-20(23)19-12-18(19)16-9-5-4-6-10-16/h4-11,18-19H,12H2,1-3H3,(H,22,23)/b21-15+/t18-,19+/m0/s1. The van der Waals surface area contributed by atoms with E-state index in [0.29, 0.717) is 5.92 Å². The number of carbonyl (C=O) groups excluding carboxylic acids is 1. The SMILES string of the molecule is C/C(=N\NC(=O)[C@@H]1C[C@H]1c1ccccc1)c1cccc(C)c1C. The van der Waals surface area contributed by atoms with Crippen LogP contribution in [0.2, 0.25) is 0 Å². The topological polar surface area (TPSA) is 41.5 Å². The summed E-state index contributed by atoms with van der Waals surface area (Å²) in [5.74, 6) is 0.406. The molecular weight excluding hydrogens is 284 g/mol. The molecule has 0 aromatic heterocycles. The zero-order valence-electron chi connectivity index (χ0n) is 13.8. The van der Waals surface area contributed by atoms with Crippen LogP contribution in [0.15, 0.2) is 53.6 Å². The van der Waals surface area contributed by atoms with Gasteiger partial charge < -0.3 is 0 Å². The van der Waals surface area contributed by atoms with E-state index in [9.17, 15) is 4.79 Å². The molecule has 0 unspecified atom stereocenters. The fourth-order valence-corrected chi connectivity index (χ4v) is 2.98. The molecule has 1 aliphatic rings. The van der Waals surface area contributed by atoms with Gasteiger partial charge in [-0.2, -0.15) is 5.10 Å². The smallest absolute Gasteiger partial charge is 0.243 e. The molecule has 1 amide bonds. The summed E-state index contributed by atoms with van der Waals surface area (Å²) in [6.07, 6.45) is 0.911. The minimum absolute atomic E-state index is 0.0171. The number of hydrogen-bond acceptors (Lipinski definition) is 2. The molecule has 0 saturated heterocycles. The van der Waals surface area contributed by atoms with E-state index in [2.05, 4.69) is 42.6 Å². The van der Waals surface area contributed by atoms with Gasteiger partial charge in [-0.3, -0.25) is 4.79 Å². The zero-order chi connectivity index (χ0) is 16.4. The highest BCUT2D eigenvalue weighted by atomic mass is 16.2. The number of hydrazone groups is 1. The Morgan fingerprint density at radius 1 is 1.09 bits per heavy atom. The minimum atomic E-state index is 0.0171. The molecule has 0 spiro atoms. The second-order valence-corrected chi connectivity index (χ2v) is 6.28. The van der Waals surface area contributed by atoms with Gasteiger partial charge in [0.25, 0.3) is 0 Å². The van der Waals surface area contributed by atoms with Crippen molar-refractivity contribution in [2.75, 3.05) is 0 Å². The summed E-state index contributed by atoms with van der Waals surface area (Å²) in [6, 6.07) is 16.3. The van der Waals surface area contributed by atoms with E-state index < -0.39 is 0 Å². The second-order valence-electron chi connectivity index (χ2n) is 6.28. The average molecular weight is 306 g/mol. The summed E-state index contributed by atoms with van der Waals surface area (Å²) < 4.78 is 0. The van der Waals surface area contributed by atoms with Crippen molar-refractivity contribution in [3.8, 4) is 0 Å². The summed E-state index contributed by atoms with van der Waals surface area (Å²) in [4.78, 5) is 12.3. The molecule has 0 radical (unpaired) electrons. The Morgan fingerprint density at radius 3 is 2.57 bits per heavy atom. The fourth-order valence-electron chi connectivity index (χ4n) is 2.98. The van der Waals surface area contributed by atoms with E-state index in [1.165, 1.54) is 16.7 Å². The van der Waals surface area contributed by atoms with E-state index >= 15 is 0 Å². The lowest BCUT2D eigenvalue weighted by Gasteiger charge is -2.08. The maximum absolute atomic E-state index is 12.3. The van der Waals surface area contributed by atoms with Crippen molar-refractivity contribution in [1.82, 2.24) is 5.43 Å². The summed E-state index contributed by atoms with van der Waals surface area (Å²) in [6.45, 7) is 6.10. The molecule has 1 N–H and O–H groups in total. The van der Waals surface area contributed by atoms with Gasteiger partial charge in [-0.25, -0.2) is 5.43 Å². The summed E-state index contributed by atoms with van der Waals surface area (Å²) >= 11 is 0. The number of benzene rings is 2. The Balaban J connectivity index is 1.64. The highest BCUT2D eigenvalue weighted by Crippen LogP contribution is 2.47. The first-order valence-corrected chi connectivity index (χ1v) is 8.03. The van der Waals surface area contributed by atoms with Crippen LogP contribution in [0.25, 0.3) is 0 Å². The van der Waals surface area contributed by atoms with Crippen LogP contribution >= 0.6 is 0 Å². The van der Waals surface area contributed by atoms with Crippen LogP contribution in [0.4, 0.5) is 0 Å². The maximum Gasteiger partial charge on any atom is 0.243 e. The van der Waals surface area contributed by atoms with E-state index in [1.54, 1.807) is 0 Å². The van der Waals surface area contributed by atoms with Crippen molar-refractivity contribution < 1.29 is 4.79 Å². The number of aryl methyl sites for hydroxylation is 1. The van der Waals surface area contributed by atoms with Crippen molar-refractivity contribution in [2.24, 2.45) is 11.0 Å². The number of carbonyl (C=O) groups is 1.